The van der Waals surface area contributed by atoms with Crippen LogP contribution in [0, 0.1) is 18.3 Å². The van der Waals surface area contributed by atoms with Crippen LogP contribution >= 0.6 is 11.8 Å². The van der Waals surface area contributed by atoms with Gasteiger partial charge in [-0.25, -0.2) is 4.98 Å². The van der Waals surface area contributed by atoms with Gasteiger partial charge in [0.25, 0.3) is 5.56 Å². The molecule has 3 aromatic rings. The third kappa shape index (κ3) is 3.34. The number of hydrogen-bond donors (Lipinski definition) is 0. The molecule has 0 amide bonds. The zero-order chi connectivity index (χ0) is 17.1. The lowest BCUT2D eigenvalue weighted by molar-refractivity contribution is 0.657. The van der Waals surface area contributed by atoms with Gasteiger partial charge in [0.15, 0.2) is 5.16 Å². The summed E-state index contributed by atoms with van der Waals surface area (Å²) < 4.78 is 1.66. The molecule has 1 aromatic heterocycles. The van der Waals surface area contributed by atoms with Gasteiger partial charge in [-0.1, -0.05) is 53.7 Å². The van der Waals surface area contributed by atoms with Crippen LogP contribution in [0.1, 0.15) is 18.1 Å². The van der Waals surface area contributed by atoms with Crippen LogP contribution in [0.2, 0.25) is 0 Å². The number of aryl methyl sites for hydroxylation is 1. The van der Waals surface area contributed by atoms with Gasteiger partial charge in [-0.2, -0.15) is 5.26 Å². The molecule has 1 atom stereocenters. The number of rotatable bonds is 4. The average molecular weight is 335 g/mol. The molecule has 0 bridgehead atoms. The Morgan fingerprint density at radius 1 is 1.21 bits per heavy atom. The highest BCUT2D eigenvalue weighted by Gasteiger charge is 2.14. The number of fused-ring (bicyclic) bond motifs is 1. The van der Waals surface area contributed by atoms with Gasteiger partial charge in [0, 0.05) is 0 Å². The molecule has 1 heterocycles. The summed E-state index contributed by atoms with van der Waals surface area (Å²) in [4.78, 5) is 17.5. The molecule has 0 spiro atoms. The smallest absolute Gasteiger partial charge is 0.262 e. The Morgan fingerprint density at radius 2 is 1.92 bits per heavy atom. The zero-order valence-electron chi connectivity index (χ0n) is 13.6. The molecule has 0 saturated heterocycles. The number of aromatic nitrogens is 2. The SMILES string of the molecule is Cc1ccc(Cn2c(S[C@H](C)C#N)nc3ccccc3c2=O)cc1. The minimum atomic E-state index is -0.276. The van der Waals surface area contributed by atoms with E-state index in [2.05, 4.69) is 11.1 Å². The number of hydrogen-bond acceptors (Lipinski definition) is 4. The average Bonchev–Trinajstić information content (AvgIpc) is 2.60. The lowest BCUT2D eigenvalue weighted by atomic mass is 10.1. The van der Waals surface area contributed by atoms with Crippen LogP contribution in [0.4, 0.5) is 0 Å². The van der Waals surface area contributed by atoms with E-state index in [4.69, 9.17) is 5.26 Å². The number of nitriles is 1. The van der Waals surface area contributed by atoms with Gasteiger partial charge in [0.1, 0.15) is 0 Å². The molecule has 0 aliphatic heterocycles. The molecular formula is C19H17N3OS. The monoisotopic (exact) mass is 335 g/mol. The molecule has 0 aliphatic rings. The Kier molecular flexibility index (Phi) is 4.68. The van der Waals surface area contributed by atoms with Gasteiger partial charge in [0.2, 0.25) is 0 Å². The van der Waals surface area contributed by atoms with Crippen molar-refractivity contribution in [3.63, 3.8) is 0 Å². The van der Waals surface area contributed by atoms with Crippen molar-refractivity contribution in [3.05, 3.63) is 70.0 Å². The van der Waals surface area contributed by atoms with Crippen LogP contribution < -0.4 is 5.56 Å². The van der Waals surface area contributed by atoms with Crippen LogP contribution in [-0.2, 0) is 6.54 Å². The lowest BCUT2D eigenvalue weighted by Crippen LogP contribution is -2.24. The molecule has 24 heavy (non-hydrogen) atoms. The fourth-order valence-electron chi connectivity index (χ4n) is 2.44. The second-order valence-corrected chi connectivity index (χ2v) is 6.99. The first-order valence-electron chi connectivity index (χ1n) is 7.70. The van der Waals surface area contributed by atoms with Crippen LogP contribution in [-0.4, -0.2) is 14.8 Å². The summed E-state index contributed by atoms with van der Waals surface area (Å²) in [5.41, 5.74) is 2.80. The van der Waals surface area contributed by atoms with E-state index in [9.17, 15) is 4.79 Å². The highest BCUT2D eigenvalue weighted by molar-refractivity contribution is 8.00. The maximum absolute atomic E-state index is 12.9. The third-order valence-electron chi connectivity index (χ3n) is 3.75. The van der Waals surface area contributed by atoms with Gasteiger partial charge in [-0.15, -0.1) is 0 Å². The number of thioether (sulfide) groups is 1. The maximum Gasteiger partial charge on any atom is 0.262 e. The minimum Gasteiger partial charge on any atom is -0.283 e. The summed E-state index contributed by atoms with van der Waals surface area (Å²) in [7, 11) is 0. The van der Waals surface area contributed by atoms with E-state index in [1.165, 1.54) is 17.3 Å². The third-order valence-corrected chi connectivity index (χ3v) is 4.73. The maximum atomic E-state index is 12.9. The molecule has 2 aromatic carbocycles. The van der Waals surface area contributed by atoms with E-state index >= 15 is 0 Å². The molecule has 0 unspecified atom stereocenters. The first-order chi connectivity index (χ1) is 11.6. The molecule has 0 fully saturated rings. The molecule has 0 saturated carbocycles. The van der Waals surface area contributed by atoms with Crippen molar-refractivity contribution < 1.29 is 0 Å². The summed E-state index contributed by atoms with van der Waals surface area (Å²) in [6, 6.07) is 17.6. The van der Waals surface area contributed by atoms with Gasteiger partial charge < -0.3 is 0 Å². The number of para-hydroxylation sites is 1. The summed E-state index contributed by atoms with van der Waals surface area (Å²) in [5, 5.41) is 10.0. The number of nitrogens with zero attached hydrogens (tertiary/aromatic N) is 3. The second kappa shape index (κ2) is 6.90. The Balaban J connectivity index is 2.13. The highest BCUT2D eigenvalue weighted by atomic mass is 32.2. The van der Waals surface area contributed by atoms with E-state index in [1.54, 1.807) is 10.6 Å². The van der Waals surface area contributed by atoms with Crippen LogP contribution in [0.5, 0.6) is 0 Å². The van der Waals surface area contributed by atoms with Crippen LogP contribution in [0.3, 0.4) is 0 Å². The van der Waals surface area contributed by atoms with Gasteiger partial charge >= 0.3 is 0 Å². The topological polar surface area (TPSA) is 58.7 Å². The Bertz CT molecular complexity index is 971. The van der Waals surface area contributed by atoms with Crippen molar-refractivity contribution in [2.24, 2.45) is 0 Å². The van der Waals surface area contributed by atoms with Gasteiger partial charge in [-0.3, -0.25) is 9.36 Å². The van der Waals surface area contributed by atoms with Crippen molar-refractivity contribution in [2.75, 3.05) is 0 Å². The van der Waals surface area contributed by atoms with Gasteiger partial charge in [-0.05, 0) is 31.5 Å². The number of benzene rings is 2. The zero-order valence-corrected chi connectivity index (χ0v) is 14.4. The fourth-order valence-corrected chi connectivity index (χ4v) is 3.23. The Hall–Kier alpha value is -2.58. The van der Waals surface area contributed by atoms with E-state index in [-0.39, 0.29) is 10.8 Å². The van der Waals surface area contributed by atoms with E-state index in [0.29, 0.717) is 22.6 Å². The lowest BCUT2D eigenvalue weighted by Gasteiger charge is -2.14. The predicted molar refractivity (Wildman–Crippen MR) is 97.2 cm³/mol. The molecule has 3 rings (SSSR count). The normalized spacial score (nSPS) is 12.0. The second-order valence-electron chi connectivity index (χ2n) is 5.68. The van der Waals surface area contributed by atoms with Crippen LogP contribution in [0.15, 0.2) is 58.5 Å². The van der Waals surface area contributed by atoms with Crippen LogP contribution in [0.25, 0.3) is 10.9 Å². The molecule has 0 radical (unpaired) electrons. The van der Waals surface area contributed by atoms with E-state index in [0.717, 1.165) is 5.56 Å². The summed E-state index contributed by atoms with van der Waals surface area (Å²) >= 11 is 1.31. The first kappa shape index (κ1) is 16.3. The molecule has 120 valence electrons. The largest absolute Gasteiger partial charge is 0.283 e. The van der Waals surface area contributed by atoms with E-state index in [1.807, 2.05) is 56.3 Å². The highest BCUT2D eigenvalue weighted by Crippen LogP contribution is 2.22. The summed E-state index contributed by atoms with van der Waals surface area (Å²) in [5.74, 6) is 0. The predicted octanol–water partition coefficient (Wildman–Crippen LogP) is 3.76. The Morgan fingerprint density at radius 3 is 2.62 bits per heavy atom. The summed E-state index contributed by atoms with van der Waals surface area (Å²) in [6.07, 6.45) is 0. The summed E-state index contributed by atoms with van der Waals surface area (Å²) in [6.45, 7) is 4.28. The standard InChI is InChI=1S/C19H17N3OS/c1-13-7-9-15(10-8-13)12-22-18(23)16-5-3-4-6-17(16)21-19(22)24-14(2)11-20/h3-10,14H,12H2,1-2H3/t14-/m1/s1. The molecule has 0 aliphatic carbocycles. The van der Waals surface area contributed by atoms with E-state index < -0.39 is 0 Å². The first-order valence-corrected chi connectivity index (χ1v) is 8.58. The minimum absolute atomic E-state index is 0.0752. The molecular weight excluding hydrogens is 318 g/mol. The van der Waals surface area contributed by atoms with Gasteiger partial charge in [0.05, 0.1) is 28.8 Å². The van der Waals surface area contributed by atoms with Crippen molar-refractivity contribution in [1.82, 2.24) is 9.55 Å². The molecule has 5 heteroatoms. The quantitative estimate of drug-likeness (QED) is 0.538. The Labute approximate surface area is 144 Å². The molecule has 0 N–H and O–H groups in total. The van der Waals surface area contributed by atoms with Crippen molar-refractivity contribution >= 4 is 22.7 Å². The van der Waals surface area contributed by atoms with Crippen molar-refractivity contribution in [3.8, 4) is 6.07 Å². The fraction of sp³-hybridized carbons (Fsp3) is 0.211. The molecule has 4 nitrogen and oxygen atoms in total. The van der Waals surface area contributed by atoms with Crippen molar-refractivity contribution in [1.29, 1.82) is 5.26 Å². The van der Waals surface area contributed by atoms with Crippen molar-refractivity contribution in [2.45, 2.75) is 30.8 Å².